The predicted octanol–water partition coefficient (Wildman–Crippen LogP) is 3.26. The number of rotatable bonds is 9. The summed E-state index contributed by atoms with van der Waals surface area (Å²) in [6.07, 6.45) is 1.43. The molecule has 2 aromatic rings. The number of benzene rings is 2. The summed E-state index contributed by atoms with van der Waals surface area (Å²) in [7, 11) is -0.588. The van der Waals surface area contributed by atoms with E-state index in [0.717, 1.165) is 6.42 Å². The average Bonchev–Trinajstić information content (AvgIpc) is 2.68. The third-order valence-electron chi connectivity index (χ3n) is 4.18. The molecule has 0 radical (unpaired) electrons. The number of ether oxygens (including phenoxy) is 2. The van der Waals surface area contributed by atoms with Crippen LogP contribution in [0.5, 0.6) is 11.5 Å². The molecule has 0 aromatic heterocycles. The fourth-order valence-electron chi connectivity index (χ4n) is 2.47. The van der Waals surface area contributed by atoms with Gasteiger partial charge in [0.05, 0.1) is 12.0 Å². The number of aryl methyl sites for hydroxylation is 1. The van der Waals surface area contributed by atoms with Crippen molar-refractivity contribution in [1.29, 1.82) is 0 Å². The molecule has 27 heavy (non-hydrogen) atoms. The lowest BCUT2D eigenvalue weighted by Gasteiger charge is -2.17. The van der Waals surface area contributed by atoms with Crippen molar-refractivity contribution in [2.45, 2.75) is 31.1 Å². The Morgan fingerprint density at radius 1 is 1.00 bits per heavy atom. The van der Waals surface area contributed by atoms with E-state index >= 15 is 0 Å². The lowest BCUT2D eigenvalue weighted by molar-refractivity contribution is -0.134. The summed E-state index contributed by atoms with van der Waals surface area (Å²) in [6.45, 7) is 2.27. The molecule has 0 aliphatic rings. The molecular weight excluding hydrogens is 366 g/mol. The minimum absolute atomic E-state index is 0.137. The predicted molar refractivity (Wildman–Crippen MR) is 103 cm³/mol. The molecule has 7 heteroatoms. The maximum atomic E-state index is 12.5. The Kier molecular flexibility index (Phi) is 7.38. The van der Waals surface area contributed by atoms with Crippen LogP contribution in [0.1, 0.15) is 25.3 Å². The van der Waals surface area contributed by atoms with Crippen LogP contribution in [-0.4, -0.2) is 39.4 Å². The molecule has 0 fully saturated rings. The zero-order valence-electron chi connectivity index (χ0n) is 15.8. The second kappa shape index (κ2) is 9.53. The van der Waals surface area contributed by atoms with Gasteiger partial charge in [0.15, 0.2) is 0 Å². The number of nitrogens with zero attached hydrogens (tertiary/aromatic N) is 1. The monoisotopic (exact) mass is 391 g/mol. The van der Waals surface area contributed by atoms with Crippen molar-refractivity contribution < 1.29 is 22.7 Å². The molecule has 0 unspecified atom stereocenters. The summed E-state index contributed by atoms with van der Waals surface area (Å²) in [6, 6.07) is 13.5. The van der Waals surface area contributed by atoms with Gasteiger partial charge in [-0.05, 0) is 54.8 Å². The van der Waals surface area contributed by atoms with Gasteiger partial charge in [0.1, 0.15) is 11.5 Å². The first kappa shape index (κ1) is 20.9. The van der Waals surface area contributed by atoms with Crippen molar-refractivity contribution in [2.24, 2.45) is 0 Å². The molecule has 0 saturated carbocycles. The third-order valence-corrected chi connectivity index (χ3v) is 6.06. The van der Waals surface area contributed by atoms with E-state index in [0.29, 0.717) is 17.9 Å². The van der Waals surface area contributed by atoms with Crippen LogP contribution in [0.4, 0.5) is 0 Å². The van der Waals surface area contributed by atoms with Gasteiger partial charge < -0.3 is 9.47 Å². The first-order valence-electron chi connectivity index (χ1n) is 8.77. The van der Waals surface area contributed by atoms with Gasteiger partial charge in [-0.15, -0.1) is 0 Å². The highest BCUT2D eigenvalue weighted by molar-refractivity contribution is 7.89. The molecule has 0 N–H and O–H groups in total. The minimum atomic E-state index is -3.60. The molecule has 2 aromatic carbocycles. The van der Waals surface area contributed by atoms with Gasteiger partial charge in [-0.1, -0.05) is 19.1 Å². The standard InChI is InChI=1S/C20H25NO5S/c1-4-16-7-9-18(10-8-16)26-20(22)6-5-15-21(2)27(23,24)19-13-11-17(25-3)12-14-19/h7-14H,4-6,15H2,1-3H3. The largest absolute Gasteiger partial charge is 0.497 e. The Bertz CT molecular complexity index is 845. The van der Waals surface area contributed by atoms with E-state index in [1.807, 2.05) is 12.1 Å². The number of hydrogen-bond acceptors (Lipinski definition) is 5. The zero-order chi connectivity index (χ0) is 19.9. The van der Waals surface area contributed by atoms with E-state index in [9.17, 15) is 13.2 Å². The molecule has 2 rings (SSSR count). The number of carbonyl (C=O) groups is 1. The third kappa shape index (κ3) is 5.80. The van der Waals surface area contributed by atoms with Crippen molar-refractivity contribution >= 4 is 16.0 Å². The number of sulfonamides is 1. The molecule has 0 aliphatic heterocycles. The highest BCUT2D eigenvalue weighted by Gasteiger charge is 2.20. The number of carbonyl (C=O) groups excluding carboxylic acids is 1. The number of hydrogen-bond donors (Lipinski definition) is 0. The molecule has 0 amide bonds. The summed E-state index contributed by atoms with van der Waals surface area (Å²) >= 11 is 0. The summed E-state index contributed by atoms with van der Waals surface area (Å²) in [4.78, 5) is 12.1. The van der Waals surface area contributed by atoms with Crippen molar-refractivity contribution in [3.8, 4) is 11.5 Å². The zero-order valence-corrected chi connectivity index (χ0v) is 16.7. The first-order valence-corrected chi connectivity index (χ1v) is 10.2. The van der Waals surface area contributed by atoms with Crippen molar-refractivity contribution in [3.05, 3.63) is 54.1 Å². The van der Waals surface area contributed by atoms with Crippen molar-refractivity contribution in [2.75, 3.05) is 20.7 Å². The topological polar surface area (TPSA) is 72.9 Å². The molecule has 146 valence electrons. The maximum absolute atomic E-state index is 12.5. The average molecular weight is 391 g/mol. The summed E-state index contributed by atoms with van der Waals surface area (Å²) < 4.78 is 36.6. The van der Waals surface area contributed by atoms with E-state index in [1.54, 1.807) is 24.3 Å². The number of methoxy groups -OCH3 is 1. The fraction of sp³-hybridized carbons (Fsp3) is 0.350. The van der Waals surface area contributed by atoms with Gasteiger partial charge in [-0.2, -0.15) is 0 Å². The van der Waals surface area contributed by atoms with Gasteiger partial charge in [0.25, 0.3) is 0 Å². The van der Waals surface area contributed by atoms with Gasteiger partial charge >= 0.3 is 5.97 Å². The molecule has 0 bridgehead atoms. The van der Waals surface area contributed by atoms with Crippen LogP contribution >= 0.6 is 0 Å². The van der Waals surface area contributed by atoms with Crippen LogP contribution in [0, 0.1) is 0 Å². The minimum Gasteiger partial charge on any atom is -0.497 e. The molecular formula is C20H25NO5S. The first-order chi connectivity index (χ1) is 12.9. The van der Waals surface area contributed by atoms with E-state index in [2.05, 4.69) is 6.92 Å². The molecule has 0 aliphatic carbocycles. The van der Waals surface area contributed by atoms with Crippen LogP contribution in [0.3, 0.4) is 0 Å². The second-order valence-corrected chi connectivity index (χ2v) is 8.12. The Labute approximate surface area is 160 Å². The van der Waals surface area contributed by atoms with Crippen LogP contribution in [0.2, 0.25) is 0 Å². The van der Waals surface area contributed by atoms with Gasteiger partial charge in [-0.3, -0.25) is 4.79 Å². The van der Waals surface area contributed by atoms with Crippen LogP contribution in [0.25, 0.3) is 0 Å². The summed E-state index contributed by atoms with van der Waals surface area (Å²) in [5.41, 5.74) is 1.17. The molecule has 0 saturated heterocycles. The maximum Gasteiger partial charge on any atom is 0.311 e. The molecule has 0 heterocycles. The lowest BCUT2D eigenvalue weighted by Crippen LogP contribution is -2.28. The quantitative estimate of drug-likeness (QED) is 0.485. The second-order valence-electron chi connectivity index (χ2n) is 6.08. The highest BCUT2D eigenvalue weighted by atomic mass is 32.2. The summed E-state index contributed by atoms with van der Waals surface area (Å²) in [5.74, 6) is 0.706. The van der Waals surface area contributed by atoms with Gasteiger partial charge in [-0.25, -0.2) is 12.7 Å². The van der Waals surface area contributed by atoms with Crippen molar-refractivity contribution in [1.82, 2.24) is 4.31 Å². The van der Waals surface area contributed by atoms with Crippen LogP contribution < -0.4 is 9.47 Å². The molecule has 6 nitrogen and oxygen atoms in total. The fourth-order valence-corrected chi connectivity index (χ4v) is 3.68. The van der Waals surface area contributed by atoms with Gasteiger partial charge in [0.2, 0.25) is 10.0 Å². The number of esters is 1. The van der Waals surface area contributed by atoms with E-state index < -0.39 is 10.0 Å². The molecule has 0 atom stereocenters. The van der Waals surface area contributed by atoms with Crippen molar-refractivity contribution in [3.63, 3.8) is 0 Å². The normalized spacial score (nSPS) is 11.4. The SMILES string of the molecule is CCc1ccc(OC(=O)CCCN(C)S(=O)(=O)c2ccc(OC)cc2)cc1. The van der Waals surface area contributed by atoms with Gasteiger partial charge in [0, 0.05) is 20.0 Å². The van der Waals surface area contributed by atoms with E-state index in [4.69, 9.17) is 9.47 Å². The Morgan fingerprint density at radius 2 is 1.59 bits per heavy atom. The summed E-state index contributed by atoms with van der Waals surface area (Å²) in [5, 5.41) is 0. The Balaban J connectivity index is 1.84. The highest BCUT2D eigenvalue weighted by Crippen LogP contribution is 2.19. The molecule has 0 spiro atoms. The Hall–Kier alpha value is -2.38. The lowest BCUT2D eigenvalue weighted by atomic mass is 10.2. The van der Waals surface area contributed by atoms with Crippen LogP contribution in [-0.2, 0) is 21.2 Å². The van der Waals surface area contributed by atoms with Crippen LogP contribution in [0.15, 0.2) is 53.4 Å². The van der Waals surface area contributed by atoms with E-state index in [-0.39, 0.29) is 23.8 Å². The smallest absolute Gasteiger partial charge is 0.311 e. The van der Waals surface area contributed by atoms with E-state index in [1.165, 1.54) is 36.2 Å². The Morgan fingerprint density at radius 3 is 2.15 bits per heavy atom.